The lowest BCUT2D eigenvalue weighted by atomic mass is 10.1. The highest BCUT2D eigenvalue weighted by molar-refractivity contribution is 5.01. The highest BCUT2D eigenvalue weighted by Gasteiger charge is 2.10. The van der Waals surface area contributed by atoms with Crippen LogP contribution in [0.3, 0.4) is 0 Å². The summed E-state index contributed by atoms with van der Waals surface area (Å²) in [6, 6.07) is 0.610. The fourth-order valence-electron chi connectivity index (χ4n) is 1.34. The fraction of sp³-hybridized carbons (Fsp3) is 0.778. The predicted octanol–water partition coefficient (Wildman–Crippen LogP) is -0.676. The Labute approximate surface area is 73.5 Å². The van der Waals surface area contributed by atoms with Crippen LogP contribution in [0.5, 0.6) is 0 Å². The molecule has 0 aliphatic carbocycles. The van der Waals surface area contributed by atoms with E-state index in [2.05, 4.69) is 22.5 Å². The molecule has 0 amide bonds. The maximum Gasteiger partial charge on any atom is 0.104 e. The standard InChI is InChI=1S/C9H16N2O/c12-8-2-1-5-11-9-3-6-10-7-4-9/h9-12H,3-8H2. The van der Waals surface area contributed by atoms with E-state index in [-0.39, 0.29) is 6.61 Å². The maximum absolute atomic E-state index is 8.39. The third kappa shape index (κ3) is 3.72. The summed E-state index contributed by atoms with van der Waals surface area (Å²) in [5, 5.41) is 15.0. The molecule has 0 aromatic rings. The van der Waals surface area contributed by atoms with Crippen LogP contribution in [0.25, 0.3) is 0 Å². The van der Waals surface area contributed by atoms with E-state index in [0.717, 1.165) is 13.1 Å². The normalized spacial score (nSPS) is 18.4. The van der Waals surface area contributed by atoms with Crippen molar-refractivity contribution in [2.45, 2.75) is 18.9 Å². The van der Waals surface area contributed by atoms with Crippen molar-refractivity contribution in [3.63, 3.8) is 0 Å². The van der Waals surface area contributed by atoms with E-state index in [1.165, 1.54) is 12.8 Å². The lowest BCUT2D eigenvalue weighted by molar-refractivity contribution is 0.350. The molecule has 0 aromatic carbocycles. The Bertz CT molecular complexity index is 165. The first kappa shape index (κ1) is 9.53. The summed E-state index contributed by atoms with van der Waals surface area (Å²) in [7, 11) is 0. The molecular weight excluding hydrogens is 152 g/mol. The summed E-state index contributed by atoms with van der Waals surface area (Å²) >= 11 is 0. The molecule has 3 N–H and O–H groups in total. The van der Waals surface area contributed by atoms with Gasteiger partial charge >= 0.3 is 0 Å². The predicted molar refractivity (Wildman–Crippen MR) is 48.8 cm³/mol. The van der Waals surface area contributed by atoms with Crippen molar-refractivity contribution in [3.8, 4) is 11.8 Å². The first-order chi connectivity index (χ1) is 5.93. The average molecular weight is 168 g/mol. The van der Waals surface area contributed by atoms with Crippen LogP contribution in [-0.2, 0) is 0 Å². The van der Waals surface area contributed by atoms with Crippen LogP contribution in [0.15, 0.2) is 0 Å². The zero-order valence-electron chi connectivity index (χ0n) is 7.27. The number of nitrogens with one attached hydrogen (secondary N) is 2. The SMILES string of the molecule is OCC#CCNC1CCNCC1. The van der Waals surface area contributed by atoms with Crippen molar-refractivity contribution < 1.29 is 5.11 Å². The number of hydrogen-bond donors (Lipinski definition) is 3. The molecule has 0 spiro atoms. The molecule has 0 radical (unpaired) electrons. The van der Waals surface area contributed by atoms with Crippen molar-refractivity contribution in [1.29, 1.82) is 0 Å². The first-order valence-electron chi connectivity index (χ1n) is 4.44. The Morgan fingerprint density at radius 1 is 1.33 bits per heavy atom. The van der Waals surface area contributed by atoms with Gasteiger partial charge in [0.1, 0.15) is 6.61 Å². The number of piperidine rings is 1. The minimum Gasteiger partial charge on any atom is -0.384 e. The molecular formula is C9H16N2O. The third-order valence-corrected chi connectivity index (χ3v) is 2.02. The second-order valence-corrected chi connectivity index (χ2v) is 2.92. The Balaban J connectivity index is 2.05. The number of hydrogen-bond acceptors (Lipinski definition) is 3. The molecule has 1 fully saturated rings. The van der Waals surface area contributed by atoms with Crippen molar-refractivity contribution in [3.05, 3.63) is 0 Å². The van der Waals surface area contributed by atoms with E-state index in [4.69, 9.17) is 5.11 Å². The van der Waals surface area contributed by atoms with Crippen LogP contribution in [0.4, 0.5) is 0 Å². The van der Waals surface area contributed by atoms with Gasteiger partial charge in [0.2, 0.25) is 0 Å². The van der Waals surface area contributed by atoms with Crippen molar-refractivity contribution in [1.82, 2.24) is 10.6 Å². The fourth-order valence-corrected chi connectivity index (χ4v) is 1.34. The molecule has 3 heteroatoms. The molecule has 68 valence electrons. The quantitative estimate of drug-likeness (QED) is 0.479. The average Bonchev–Trinajstić information content (AvgIpc) is 2.14. The Hall–Kier alpha value is -0.560. The van der Waals surface area contributed by atoms with Gasteiger partial charge < -0.3 is 15.7 Å². The van der Waals surface area contributed by atoms with Crippen LogP contribution in [0.1, 0.15) is 12.8 Å². The van der Waals surface area contributed by atoms with Crippen LogP contribution < -0.4 is 10.6 Å². The summed E-state index contributed by atoms with van der Waals surface area (Å²) in [6.45, 7) is 2.87. The molecule has 0 unspecified atom stereocenters. The van der Waals surface area contributed by atoms with Gasteiger partial charge in [-0.2, -0.15) is 0 Å². The van der Waals surface area contributed by atoms with Gasteiger partial charge in [0.05, 0.1) is 6.54 Å². The van der Waals surface area contributed by atoms with Crippen molar-refractivity contribution >= 4 is 0 Å². The molecule has 3 nitrogen and oxygen atoms in total. The molecule has 1 saturated heterocycles. The second kappa shape index (κ2) is 6.01. The lowest BCUT2D eigenvalue weighted by Crippen LogP contribution is -2.40. The smallest absolute Gasteiger partial charge is 0.104 e. The summed E-state index contributed by atoms with van der Waals surface area (Å²) < 4.78 is 0. The summed E-state index contributed by atoms with van der Waals surface area (Å²) in [5.41, 5.74) is 0. The first-order valence-corrected chi connectivity index (χ1v) is 4.44. The molecule has 1 rings (SSSR count). The molecule has 0 saturated carbocycles. The molecule has 1 aliphatic heterocycles. The van der Waals surface area contributed by atoms with Crippen LogP contribution in [0, 0.1) is 11.8 Å². The van der Waals surface area contributed by atoms with Crippen molar-refractivity contribution in [2.24, 2.45) is 0 Å². The highest BCUT2D eigenvalue weighted by Crippen LogP contribution is 2.00. The Morgan fingerprint density at radius 3 is 2.75 bits per heavy atom. The van der Waals surface area contributed by atoms with Crippen LogP contribution in [-0.4, -0.2) is 37.4 Å². The number of aliphatic hydroxyl groups excluding tert-OH is 1. The maximum atomic E-state index is 8.39. The van der Waals surface area contributed by atoms with Gasteiger partial charge in [0.25, 0.3) is 0 Å². The van der Waals surface area contributed by atoms with Gasteiger partial charge in [-0.05, 0) is 25.9 Å². The van der Waals surface area contributed by atoms with E-state index >= 15 is 0 Å². The minimum atomic E-state index is -0.0338. The summed E-state index contributed by atoms with van der Waals surface area (Å²) in [6.07, 6.45) is 2.36. The van der Waals surface area contributed by atoms with Crippen LogP contribution >= 0.6 is 0 Å². The van der Waals surface area contributed by atoms with Crippen LogP contribution in [0.2, 0.25) is 0 Å². The summed E-state index contributed by atoms with van der Waals surface area (Å²) in [4.78, 5) is 0. The van der Waals surface area contributed by atoms with Gasteiger partial charge in [0, 0.05) is 6.04 Å². The van der Waals surface area contributed by atoms with E-state index in [0.29, 0.717) is 12.6 Å². The monoisotopic (exact) mass is 168 g/mol. The van der Waals surface area contributed by atoms with Gasteiger partial charge in [0.15, 0.2) is 0 Å². The number of rotatable bonds is 2. The molecule has 0 aromatic heterocycles. The third-order valence-electron chi connectivity index (χ3n) is 2.02. The molecule has 12 heavy (non-hydrogen) atoms. The van der Waals surface area contributed by atoms with Gasteiger partial charge in [-0.3, -0.25) is 0 Å². The largest absolute Gasteiger partial charge is 0.384 e. The topological polar surface area (TPSA) is 44.3 Å². The van der Waals surface area contributed by atoms with E-state index in [1.807, 2.05) is 0 Å². The van der Waals surface area contributed by atoms with Gasteiger partial charge in [-0.15, -0.1) is 0 Å². The molecule has 1 aliphatic rings. The van der Waals surface area contributed by atoms with Crippen molar-refractivity contribution in [2.75, 3.05) is 26.2 Å². The molecule has 0 atom stereocenters. The molecule has 0 bridgehead atoms. The Kier molecular flexibility index (Phi) is 4.77. The Morgan fingerprint density at radius 2 is 2.08 bits per heavy atom. The van der Waals surface area contributed by atoms with E-state index in [1.54, 1.807) is 0 Å². The minimum absolute atomic E-state index is 0.0338. The highest BCUT2D eigenvalue weighted by atomic mass is 16.2. The van der Waals surface area contributed by atoms with E-state index in [9.17, 15) is 0 Å². The zero-order valence-corrected chi connectivity index (χ0v) is 7.27. The zero-order chi connectivity index (χ0) is 8.65. The summed E-state index contributed by atoms with van der Waals surface area (Å²) in [5.74, 6) is 5.47. The molecule has 1 heterocycles. The second-order valence-electron chi connectivity index (χ2n) is 2.92. The van der Waals surface area contributed by atoms with E-state index < -0.39 is 0 Å². The lowest BCUT2D eigenvalue weighted by Gasteiger charge is -2.22. The number of aliphatic hydroxyl groups is 1. The van der Waals surface area contributed by atoms with Gasteiger partial charge in [-0.1, -0.05) is 11.8 Å². The van der Waals surface area contributed by atoms with Gasteiger partial charge in [-0.25, -0.2) is 0 Å².